The molecule has 0 unspecified atom stereocenters. The molecule has 0 heterocycles. The fourth-order valence-electron chi connectivity index (χ4n) is 3.63. The molecule has 0 aliphatic heterocycles. The van der Waals surface area contributed by atoms with Gasteiger partial charge < -0.3 is 29.6 Å². The average molecular weight is 521 g/mol. The molecule has 200 valence electrons. The van der Waals surface area contributed by atoms with Crippen molar-refractivity contribution in [2.24, 2.45) is 0 Å². The summed E-state index contributed by atoms with van der Waals surface area (Å²) in [5.41, 5.74) is 2.05. The van der Waals surface area contributed by atoms with Gasteiger partial charge in [0.05, 0.1) is 19.8 Å². The molecule has 3 rings (SSSR count). The summed E-state index contributed by atoms with van der Waals surface area (Å²) >= 11 is 0. The van der Waals surface area contributed by atoms with Crippen LogP contribution in [0.25, 0.3) is 0 Å². The van der Waals surface area contributed by atoms with Crippen LogP contribution >= 0.6 is 0 Å². The molecule has 0 radical (unpaired) electrons. The highest BCUT2D eigenvalue weighted by molar-refractivity contribution is 6.04. The number of esters is 1. The number of nitrogens with one attached hydrogen (secondary N) is 2. The summed E-state index contributed by atoms with van der Waals surface area (Å²) in [4.78, 5) is 36.9. The van der Waals surface area contributed by atoms with E-state index < -0.39 is 5.97 Å². The zero-order chi connectivity index (χ0) is 27.5. The zero-order valence-electron chi connectivity index (χ0n) is 22.0. The van der Waals surface area contributed by atoms with Gasteiger partial charge in [-0.15, -0.1) is 0 Å². The number of carbonyl (C=O) groups is 3. The molecule has 0 bridgehead atoms. The van der Waals surface area contributed by atoms with Gasteiger partial charge in [0.15, 0.2) is 11.5 Å². The van der Waals surface area contributed by atoms with Gasteiger partial charge in [0.1, 0.15) is 5.75 Å². The molecule has 0 saturated carbocycles. The van der Waals surface area contributed by atoms with Crippen LogP contribution in [0.1, 0.15) is 54.0 Å². The van der Waals surface area contributed by atoms with Crippen molar-refractivity contribution in [2.45, 2.75) is 34.2 Å². The molecule has 0 atom stereocenters. The van der Waals surface area contributed by atoms with E-state index in [1.165, 1.54) is 13.0 Å². The van der Waals surface area contributed by atoms with Gasteiger partial charge in [-0.05, 0) is 68.8 Å². The lowest BCUT2D eigenvalue weighted by molar-refractivity contribution is -0.131. The Balaban J connectivity index is 1.70. The summed E-state index contributed by atoms with van der Waals surface area (Å²) in [6.45, 7) is 8.33. The molecule has 0 aliphatic carbocycles. The van der Waals surface area contributed by atoms with E-state index in [1.807, 2.05) is 26.8 Å². The predicted molar refractivity (Wildman–Crippen MR) is 143 cm³/mol. The van der Waals surface area contributed by atoms with Gasteiger partial charge >= 0.3 is 5.97 Å². The Morgan fingerprint density at radius 3 is 2.03 bits per heavy atom. The number of hydrogen-bond donors (Lipinski definition) is 2. The Morgan fingerprint density at radius 1 is 0.737 bits per heavy atom. The van der Waals surface area contributed by atoms with Crippen molar-refractivity contribution < 1.29 is 33.3 Å². The molecular weight excluding hydrogens is 488 g/mol. The highest BCUT2D eigenvalue weighted by Crippen LogP contribution is 2.39. The van der Waals surface area contributed by atoms with Crippen molar-refractivity contribution in [3.8, 4) is 23.0 Å². The first-order valence-corrected chi connectivity index (χ1v) is 12.4. The number of amides is 2. The molecule has 0 aromatic heterocycles. The molecular formula is C29H32N2O7. The molecule has 2 amide bonds. The minimum Gasteiger partial charge on any atom is -0.490 e. The summed E-state index contributed by atoms with van der Waals surface area (Å²) in [5, 5.41) is 5.71. The third kappa shape index (κ3) is 7.73. The molecule has 0 aliphatic rings. The second kappa shape index (κ2) is 13.7. The topological polar surface area (TPSA) is 112 Å². The average Bonchev–Trinajstić information content (AvgIpc) is 2.89. The molecule has 0 fully saturated rings. The normalized spacial score (nSPS) is 10.3. The van der Waals surface area contributed by atoms with E-state index >= 15 is 0 Å². The van der Waals surface area contributed by atoms with Crippen LogP contribution in [0.5, 0.6) is 23.0 Å². The molecule has 3 aromatic carbocycles. The van der Waals surface area contributed by atoms with Gasteiger partial charge in [0, 0.05) is 30.3 Å². The Labute approximate surface area is 222 Å². The van der Waals surface area contributed by atoms with Gasteiger partial charge in [-0.1, -0.05) is 18.2 Å². The maximum Gasteiger partial charge on any atom is 0.308 e. The van der Waals surface area contributed by atoms with Gasteiger partial charge in [0.2, 0.25) is 5.75 Å². The van der Waals surface area contributed by atoms with Crippen molar-refractivity contribution in [3.63, 3.8) is 0 Å². The molecule has 2 N–H and O–H groups in total. The Morgan fingerprint density at radius 2 is 1.39 bits per heavy atom. The van der Waals surface area contributed by atoms with E-state index in [4.69, 9.17) is 18.9 Å². The van der Waals surface area contributed by atoms with Crippen LogP contribution in [0.4, 0.5) is 5.69 Å². The molecule has 3 aromatic rings. The van der Waals surface area contributed by atoms with Gasteiger partial charge in [-0.25, -0.2) is 0 Å². The summed E-state index contributed by atoms with van der Waals surface area (Å²) in [5.74, 6) is 0.491. The van der Waals surface area contributed by atoms with E-state index in [9.17, 15) is 14.4 Å². The second-order valence-electron chi connectivity index (χ2n) is 8.06. The number of benzene rings is 3. The Bertz CT molecular complexity index is 1260. The van der Waals surface area contributed by atoms with Crippen molar-refractivity contribution in [3.05, 3.63) is 77.4 Å². The second-order valence-corrected chi connectivity index (χ2v) is 8.06. The quantitative estimate of drug-likeness (QED) is 0.256. The standard InChI is InChI=1S/C29H32N2O7/c1-5-35-25-16-22(17-26(36-6-2)27(25)37-7-3)28(33)30-18-20-10-8-12-23(14-20)31-29(34)21-11-9-13-24(15-21)38-19(4)32/h8-17H,5-7,18H2,1-4H3,(H,30,33)(H,31,34). The maximum atomic E-state index is 13.0. The van der Waals surface area contributed by atoms with Crippen molar-refractivity contribution in [1.29, 1.82) is 0 Å². The highest BCUT2D eigenvalue weighted by Gasteiger charge is 2.18. The SMILES string of the molecule is CCOc1cc(C(=O)NCc2cccc(NC(=O)c3cccc(OC(C)=O)c3)c2)cc(OCC)c1OCC. The van der Waals surface area contributed by atoms with Gasteiger partial charge in [-0.3, -0.25) is 14.4 Å². The van der Waals surface area contributed by atoms with Crippen LogP contribution < -0.4 is 29.6 Å². The van der Waals surface area contributed by atoms with E-state index in [0.29, 0.717) is 53.9 Å². The molecule has 38 heavy (non-hydrogen) atoms. The van der Waals surface area contributed by atoms with Crippen LogP contribution in [0.2, 0.25) is 0 Å². The van der Waals surface area contributed by atoms with E-state index in [-0.39, 0.29) is 24.1 Å². The van der Waals surface area contributed by atoms with Gasteiger partial charge in [-0.2, -0.15) is 0 Å². The smallest absolute Gasteiger partial charge is 0.308 e. The third-order valence-electron chi connectivity index (χ3n) is 5.17. The lowest BCUT2D eigenvalue weighted by Gasteiger charge is -2.17. The van der Waals surface area contributed by atoms with Crippen LogP contribution in [0.3, 0.4) is 0 Å². The number of ether oxygens (including phenoxy) is 4. The monoisotopic (exact) mass is 520 g/mol. The fraction of sp³-hybridized carbons (Fsp3) is 0.276. The first-order chi connectivity index (χ1) is 18.3. The number of carbonyl (C=O) groups excluding carboxylic acids is 3. The van der Waals surface area contributed by atoms with Crippen LogP contribution in [-0.2, 0) is 11.3 Å². The summed E-state index contributed by atoms with van der Waals surface area (Å²) in [6, 6.07) is 16.7. The van der Waals surface area contributed by atoms with Gasteiger partial charge in [0.25, 0.3) is 11.8 Å². The predicted octanol–water partition coefficient (Wildman–Crippen LogP) is 4.99. The molecule has 9 nitrogen and oxygen atoms in total. The van der Waals surface area contributed by atoms with Crippen molar-refractivity contribution in [2.75, 3.05) is 25.1 Å². The summed E-state index contributed by atoms with van der Waals surface area (Å²) in [6.07, 6.45) is 0. The summed E-state index contributed by atoms with van der Waals surface area (Å²) in [7, 11) is 0. The Kier molecular flexibility index (Phi) is 10.1. The lowest BCUT2D eigenvalue weighted by Crippen LogP contribution is -2.23. The van der Waals surface area contributed by atoms with E-state index in [0.717, 1.165) is 5.56 Å². The molecule has 0 saturated heterocycles. The van der Waals surface area contributed by atoms with Crippen LogP contribution in [0.15, 0.2) is 60.7 Å². The fourth-order valence-corrected chi connectivity index (χ4v) is 3.63. The number of anilines is 1. The Hall–Kier alpha value is -4.53. The minimum atomic E-state index is -0.467. The van der Waals surface area contributed by atoms with Crippen molar-refractivity contribution >= 4 is 23.5 Å². The lowest BCUT2D eigenvalue weighted by atomic mass is 10.1. The molecule has 9 heteroatoms. The largest absolute Gasteiger partial charge is 0.490 e. The van der Waals surface area contributed by atoms with E-state index in [1.54, 1.807) is 48.5 Å². The third-order valence-corrected chi connectivity index (χ3v) is 5.17. The first kappa shape index (κ1) is 28.0. The zero-order valence-corrected chi connectivity index (χ0v) is 22.0. The molecule has 0 spiro atoms. The van der Waals surface area contributed by atoms with Crippen LogP contribution in [0, 0.1) is 0 Å². The number of rotatable bonds is 12. The van der Waals surface area contributed by atoms with Crippen molar-refractivity contribution in [1.82, 2.24) is 5.32 Å². The first-order valence-electron chi connectivity index (χ1n) is 12.4. The highest BCUT2D eigenvalue weighted by atomic mass is 16.5. The summed E-state index contributed by atoms with van der Waals surface area (Å²) < 4.78 is 22.1. The number of hydrogen-bond acceptors (Lipinski definition) is 7. The van der Waals surface area contributed by atoms with E-state index in [2.05, 4.69) is 10.6 Å². The maximum absolute atomic E-state index is 13.0. The minimum absolute atomic E-state index is 0.228. The van der Waals surface area contributed by atoms with Crippen LogP contribution in [-0.4, -0.2) is 37.6 Å².